The van der Waals surface area contributed by atoms with Crippen LogP contribution < -0.4 is 16.0 Å². The minimum absolute atomic E-state index is 0.186. The topological polar surface area (TPSA) is 121 Å². The van der Waals surface area contributed by atoms with Crippen LogP contribution in [0.4, 0.5) is 17.5 Å². The summed E-state index contributed by atoms with van der Waals surface area (Å²) in [6.45, 7) is 4.90. The number of nitrogens with two attached hydrogens (primary N) is 1. The number of anilines is 3. The van der Waals surface area contributed by atoms with Crippen molar-refractivity contribution in [3.63, 3.8) is 0 Å². The Bertz CT molecular complexity index is 1370. The van der Waals surface area contributed by atoms with Gasteiger partial charge in [-0.25, -0.2) is 4.98 Å². The zero-order valence-electron chi connectivity index (χ0n) is 21.6. The fourth-order valence-corrected chi connectivity index (χ4v) is 5.54. The molecule has 1 aliphatic carbocycles. The maximum atomic E-state index is 9.30. The monoisotopic (exact) mass is 513 g/mol. The number of benzene rings is 1. The summed E-state index contributed by atoms with van der Waals surface area (Å²) in [5, 5.41) is 12.8. The van der Waals surface area contributed by atoms with Crippen molar-refractivity contribution < 1.29 is 5.11 Å². The van der Waals surface area contributed by atoms with Crippen LogP contribution in [0.3, 0.4) is 0 Å². The molecule has 1 aliphatic heterocycles. The second-order valence-corrected chi connectivity index (χ2v) is 10.2. The molecule has 2 aliphatic rings. The maximum Gasteiger partial charge on any atom is 0.229 e. The first-order valence-corrected chi connectivity index (χ1v) is 13.6. The number of rotatable bonds is 8. The number of para-hydroxylation sites is 1. The number of hydrogen-bond acceptors (Lipinski definition) is 9. The van der Waals surface area contributed by atoms with Crippen LogP contribution in [0.5, 0.6) is 0 Å². The van der Waals surface area contributed by atoms with Crippen LogP contribution in [0.25, 0.3) is 22.4 Å². The van der Waals surface area contributed by atoms with Gasteiger partial charge in [-0.1, -0.05) is 37.1 Å². The van der Waals surface area contributed by atoms with Gasteiger partial charge in [-0.2, -0.15) is 9.97 Å². The van der Waals surface area contributed by atoms with Gasteiger partial charge in [0, 0.05) is 62.8 Å². The van der Waals surface area contributed by atoms with E-state index in [9.17, 15) is 5.11 Å². The van der Waals surface area contributed by atoms with Gasteiger partial charge < -0.3 is 25.6 Å². The van der Waals surface area contributed by atoms with Gasteiger partial charge in [-0.05, 0) is 30.5 Å². The third kappa shape index (κ3) is 5.01. The lowest BCUT2D eigenvalue weighted by Crippen LogP contribution is -2.47. The van der Waals surface area contributed by atoms with Gasteiger partial charge in [-0.15, -0.1) is 0 Å². The second kappa shape index (κ2) is 10.9. The molecular weight excluding hydrogens is 478 g/mol. The lowest BCUT2D eigenvalue weighted by Gasteiger charge is -2.34. The lowest BCUT2D eigenvalue weighted by molar-refractivity contribution is 0.188. The highest BCUT2D eigenvalue weighted by Gasteiger charge is 2.25. The number of aliphatic hydroxyl groups excluding tert-OH is 1. The molecule has 0 bridgehead atoms. The van der Waals surface area contributed by atoms with Crippen LogP contribution in [-0.2, 0) is 6.54 Å². The summed E-state index contributed by atoms with van der Waals surface area (Å²) in [4.78, 5) is 23.9. The SMILES string of the molecule is Nc1ccccc1-c1ccc(CNc2nc(N3CCN(CCO)CC3)nc3c2ncn3C2CCCC2)cn1. The molecule has 10 nitrogen and oxygen atoms in total. The molecule has 1 saturated carbocycles. The van der Waals surface area contributed by atoms with Crippen LogP contribution in [0.1, 0.15) is 37.3 Å². The molecule has 0 radical (unpaired) electrons. The predicted octanol–water partition coefficient (Wildman–Crippen LogP) is 3.31. The summed E-state index contributed by atoms with van der Waals surface area (Å²) in [5.74, 6) is 1.48. The minimum atomic E-state index is 0.186. The van der Waals surface area contributed by atoms with E-state index < -0.39 is 0 Å². The fourth-order valence-electron chi connectivity index (χ4n) is 5.54. The molecule has 0 atom stereocenters. The average Bonchev–Trinajstić information content (AvgIpc) is 3.63. The van der Waals surface area contributed by atoms with Gasteiger partial charge >= 0.3 is 0 Å². The lowest BCUT2D eigenvalue weighted by atomic mass is 10.1. The van der Waals surface area contributed by atoms with Crippen LogP contribution >= 0.6 is 0 Å². The first-order chi connectivity index (χ1) is 18.7. The summed E-state index contributed by atoms with van der Waals surface area (Å²) in [6, 6.07) is 12.3. The van der Waals surface area contributed by atoms with Gasteiger partial charge in [0.1, 0.15) is 0 Å². The summed E-state index contributed by atoms with van der Waals surface area (Å²) in [7, 11) is 0. The van der Waals surface area contributed by atoms with E-state index in [2.05, 4.69) is 30.7 Å². The number of β-amino-alcohol motifs (C(OH)–C–C–N with tert-alkyl or cyclic N) is 1. The maximum absolute atomic E-state index is 9.30. The zero-order chi connectivity index (χ0) is 25.9. The van der Waals surface area contributed by atoms with Crippen molar-refractivity contribution in [2.45, 2.75) is 38.3 Å². The molecule has 3 aromatic heterocycles. The van der Waals surface area contributed by atoms with Crippen molar-refractivity contribution in [1.82, 2.24) is 29.4 Å². The molecule has 0 unspecified atom stereocenters. The molecule has 2 fully saturated rings. The highest BCUT2D eigenvalue weighted by Crippen LogP contribution is 2.33. The Labute approximate surface area is 222 Å². The quantitative estimate of drug-likeness (QED) is 0.305. The minimum Gasteiger partial charge on any atom is -0.398 e. The Kier molecular flexibility index (Phi) is 7.06. The van der Waals surface area contributed by atoms with E-state index in [1.807, 2.05) is 42.9 Å². The van der Waals surface area contributed by atoms with E-state index in [0.29, 0.717) is 19.1 Å². The average molecular weight is 514 g/mol. The van der Waals surface area contributed by atoms with E-state index >= 15 is 0 Å². The van der Waals surface area contributed by atoms with Gasteiger partial charge in [0.05, 0.1) is 18.6 Å². The fraction of sp³-hybridized carbons (Fsp3) is 0.429. The third-order valence-electron chi connectivity index (χ3n) is 7.72. The van der Waals surface area contributed by atoms with E-state index in [-0.39, 0.29) is 6.61 Å². The first kappa shape index (κ1) is 24.6. The van der Waals surface area contributed by atoms with Crippen molar-refractivity contribution >= 4 is 28.6 Å². The van der Waals surface area contributed by atoms with Crippen molar-refractivity contribution in [2.75, 3.05) is 55.3 Å². The normalized spacial score (nSPS) is 16.9. The number of imidazole rings is 1. The number of nitrogens with one attached hydrogen (secondary N) is 1. The smallest absolute Gasteiger partial charge is 0.229 e. The molecular formula is C28H35N9O. The number of piperazine rings is 1. The molecule has 38 heavy (non-hydrogen) atoms. The highest BCUT2D eigenvalue weighted by molar-refractivity contribution is 5.84. The van der Waals surface area contributed by atoms with Gasteiger partial charge in [0.2, 0.25) is 5.95 Å². The van der Waals surface area contributed by atoms with Gasteiger partial charge in [0.25, 0.3) is 0 Å². The highest BCUT2D eigenvalue weighted by atomic mass is 16.3. The number of aromatic nitrogens is 5. The Hall–Kier alpha value is -3.76. The Balaban J connectivity index is 1.26. The van der Waals surface area contributed by atoms with Crippen molar-refractivity contribution in [1.29, 1.82) is 0 Å². The Morgan fingerprint density at radius 2 is 1.79 bits per heavy atom. The number of nitrogen functional groups attached to an aromatic ring is 1. The number of hydrogen-bond donors (Lipinski definition) is 3. The predicted molar refractivity (Wildman–Crippen MR) is 150 cm³/mol. The van der Waals surface area contributed by atoms with Crippen molar-refractivity contribution in [2.24, 2.45) is 0 Å². The van der Waals surface area contributed by atoms with Crippen LogP contribution in [0.2, 0.25) is 0 Å². The number of pyridine rings is 1. The number of aliphatic hydroxyl groups is 1. The molecule has 0 amide bonds. The second-order valence-electron chi connectivity index (χ2n) is 10.2. The molecule has 198 valence electrons. The molecule has 4 aromatic rings. The van der Waals surface area contributed by atoms with Crippen molar-refractivity contribution in [3.05, 3.63) is 54.5 Å². The third-order valence-corrected chi connectivity index (χ3v) is 7.72. The molecule has 4 N–H and O–H groups in total. The van der Waals surface area contributed by atoms with E-state index in [0.717, 1.165) is 84.5 Å². The Morgan fingerprint density at radius 3 is 2.53 bits per heavy atom. The molecule has 10 heteroatoms. The van der Waals surface area contributed by atoms with Crippen LogP contribution in [0, 0.1) is 0 Å². The number of nitrogens with zero attached hydrogens (tertiary/aromatic N) is 7. The van der Waals surface area contributed by atoms with E-state index in [1.54, 1.807) is 0 Å². The summed E-state index contributed by atoms with van der Waals surface area (Å²) < 4.78 is 2.25. The molecule has 4 heterocycles. The van der Waals surface area contributed by atoms with Crippen LogP contribution in [0.15, 0.2) is 48.9 Å². The van der Waals surface area contributed by atoms with Crippen molar-refractivity contribution in [3.8, 4) is 11.3 Å². The zero-order valence-corrected chi connectivity index (χ0v) is 21.6. The Morgan fingerprint density at radius 1 is 0.974 bits per heavy atom. The molecule has 1 saturated heterocycles. The summed E-state index contributed by atoms with van der Waals surface area (Å²) in [5.41, 5.74) is 11.4. The van der Waals surface area contributed by atoms with Gasteiger partial charge in [0.15, 0.2) is 17.0 Å². The first-order valence-electron chi connectivity index (χ1n) is 13.6. The molecule has 1 aromatic carbocycles. The van der Waals surface area contributed by atoms with Gasteiger partial charge in [-0.3, -0.25) is 9.88 Å². The largest absolute Gasteiger partial charge is 0.398 e. The van der Waals surface area contributed by atoms with Crippen LogP contribution in [-0.4, -0.2) is 73.8 Å². The molecule has 0 spiro atoms. The standard InChI is InChI=1S/C28H35N9O/c29-23-8-4-3-7-22(23)24-10-9-20(17-30-24)18-31-26-25-27(37(19-32-25)21-5-1-2-6-21)34-28(33-26)36-13-11-35(12-14-36)15-16-38/h3-4,7-10,17,19,21,38H,1-2,5-6,11-16,18,29H2,(H,31,33,34). The van der Waals surface area contributed by atoms with E-state index in [4.69, 9.17) is 20.7 Å². The summed E-state index contributed by atoms with van der Waals surface area (Å²) >= 11 is 0. The van der Waals surface area contributed by atoms with E-state index in [1.165, 1.54) is 12.8 Å². The summed E-state index contributed by atoms with van der Waals surface area (Å²) in [6.07, 6.45) is 8.64. The molecule has 6 rings (SSSR count). The number of fused-ring (bicyclic) bond motifs is 1.